The third kappa shape index (κ3) is 2.05. The maximum atomic E-state index is 3.53. The van der Waals surface area contributed by atoms with Gasteiger partial charge >= 0.3 is 0 Å². The minimum absolute atomic E-state index is 0.552. The number of nitrogens with one attached hydrogen (secondary N) is 1. The van der Waals surface area contributed by atoms with E-state index in [1.165, 1.54) is 19.3 Å². The zero-order chi connectivity index (χ0) is 6.53. The lowest BCUT2D eigenvalue weighted by Gasteiger charge is -2.18. The van der Waals surface area contributed by atoms with Gasteiger partial charge in [0.2, 0.25) is 0 Å². The van der Waals surface area contributed by atoms with Gasteiger partial charge in [0.15, 0.2) is 0 Å². The van der Waals surface area contributed by atoms with Crippen molar-refractivity contribution in [2.24, 2.45) is 0 Å². The Morgan fingerprint density at radius 3 is 3.00 bits per heavy atom. The SMILES string of the molecule is C=C=CC1CCCCN1. The molecule has 1 rings (SSSR count). The first-order valence-corrected chi connectivity index (χ1v) is 3.53. The molecule has 0 aliphatic carbocycles. The molecule has 1 N–H and O–H groups in total. The molecule has 1 aliphatic heterocycles. The van der Waals surface area contributed by atoms with Crippen LogP contribution >= 0.6 is 0 Å². The van der Waals surface area contributed by atoms with Crippen LogP contribution in [-0.2, 0) is 0 Å². The quantitative estimate of drug-likeness (QED) is 0.521. The Bertz CT molecular complexity index is 117. The van der Waals surface area contributed by atoms with E-state index in [1.807, 2.05) is 6.08 Å². The van der Waals surface area contributed by atoms with Gasteiger partial charge in [-0.2, -0.15) is 0 Å². The summed E-state index contributed by atoms with van der Waals surface area (Å²) in [7, 11) is 0. The van der Waals surface area contributed by atoms with Crippen LogP contribution in [0.3, 0.4) is 0 Å². The number of hydrogen-bond donors (Lipinski definition) is 1. The van der Waals surface area contributed by atoms with Crippen molar-refractivity contribution in [3.8, 4) is 0 Å². The van der Waals surface area contributed by atoms with E-state index in [2.05, 4.69) is 17.6 Å². The fourth-order valence-electron chi connectivity index (χ4n) is 1.16. The predicted octanol–water partition coefficient (Wildman–Crippen LogP) is 1.47. The number of hydrogen-bond acceptors (Lipinski definition) is 1. The molecule has 0 saturated carbocycles. The monoisotopic (exact) mass is 123 g/mol. The van der Waals surface area contributed by atoms with Crippen LogP contribution < -0.4 is 5.32 Å². The molecular formula is C8H13N. The van der Waals surface area contributed by atoms with E-state index in [4.69, 9.17) is 0 Å². The summed E-state index contributed by atoms with van der Waals surface area (Å²) in [5, 5.41) is 3.36. The molecule has 1 heteroatoms. The summed E-state index contributed by atoms with van der Waals surface area (Å²) >= 11 is 0. The first-order chi connectivity index (χ1) is 4.43. The number of piperidine rings is 1. The van der Waals surface area contributed by atoms with E-state index >= 15 is 0 Å². The first kappa shape index (κ1) is 6.60. The van der Waals surface area contributed by atoms with Gasteiger partial charge in [-0.15, -0.1) is 5.73 Å². The molecule has 0 radical (unpaired) electrons. The molecule has 0 aromatic heterocycles. The molecule has 1 unspecified atom stereocenters. The van der Waals surface area contributed by atoms with Gasteiger partial charge in [0.1, 0.15) is 0 Å². The third-order valence-corrected chi connectivity index (χ3v) is 1.67. The van der Waals surface area contributed by atoms with Crippen LogP contribution in [0.15, 0.2) is 18.4 Å². The normalized spacial score (nSPS) is 26.9. The smallest absolute Gasteiger partial charge is 0.0324 e. The topological polar surface area (TPSA) is 12.0 Å². The summed E-state index contributed by atoms with van der Waals surface area (Å²) in [6.45, 7) is 4.69. The molecule has 0 aromatic carbocycles. The Kier molecular flexibility index (Phi) is 2.56. The predicted molar refractivity (Wildman–Crippen MR) is 39.4 cm³/mol. The van der Waals surface area contributed by atoms with Gasteiger partial charge in [-0.25, -0.2) is 0 Å². The van der Waals surface area contributed by atoms with Gasteiger partial charge in [0.25, 0.3) is 0 Å². The van der Waals surface area contributed by atoms with Crippen LogP contribution in [0, 0.1) is 0 Å². The molecular weight excluding hydrogens is 110 g/mol. The van der Waals surface area contributed by atoms with Crippen molar-refractivity contribution in [2.45, 2.75) is 25.3 Å². The summed E-state index contributed by atoms with van der Waals surface area (Å²) in [5.41, 5.74) is 2.80. The second-order valence-corrected chi connectivity index (χ2v) is 2.43. The van der Waals surface area contributed by atoms with Crippen molar-refractivity contribution in [3.05, 3.63) is 18.4 Å². The van der Waals surface area contributed by atoms with E-state index in [-0.39, 0.29) is 0 Å². The molecule has 1 atom stereocenters. The van der Waals surface area contributed by atoms with Crippen LogP contribution in [0.2, 0.25) is 0 Å². The summed E-state index contributed by atoms with van der Waals surface area (Å²) in [5.74, 6) is 0. The fourth-order valence-corrected chi connectivity index (χ4v) is 1.16. The van der Waals surface area contributed by atoms with Crippen molar-refractivity contribution in [1.29, 1.82) is 0 Å². The summed E-state index contributed by atoms with van der Waals surface area (Å²) in [6, 6.07) is 0.552. The molecule has 1 aliphatic rings. The highest BCUT2D eigenvalue weighted by molar-refractivity contribution is 4.91. The Morgan fingerprint density at radius 2 is 2.44 bits per heavy atom. The maximum absolute atomic E-state index is 3.53. The minimum Gasteiger partial charge on any atom is -0.310 e. The zero-order valence-electron chi connectivity index (χ0n) is 5.69. The first-order valence-electron chi connectivity index (χ1n) is 3.53. The lowest BCUT2D eigenvalue weighted by molar-refractivity contribution is 0.455. The van der Waals surface area contributed by atoms with Gasteiger partial charge in [0.05, 0.1) is 0 Å². The highest BCUT2D eigenvalue weighted by Gasteiger charge is 2.07. The van der Waals surface area contributed by atoms with Gasteiger partial charge in [-0.05, 0) is 25.5 Å². The standard InChI is InChI=1S/C8H13N/c1-2-5-8-6-3-4-7-9-8/h5,8-9H,1,3-4,6-7H2. The van der Waals surface area contributed by atoms with Crippen LogP contribution in [-0.4, -0.2) is 12.6 Å². The van der Waals surface area contributed by atoms with Crippen molar-refractivity contribution in [1.82, 2.24) is 5.32 Å². The van der Waals surface area contributed by atoms with Crippen molar-refractivity contribution in [2.75, 3.05) is 6.54 Å². The Labute approximate surface area is 56.5 Å². The van der Waals surface area contributed by atoms with Crippen LogP contribution in [0.25, 0.3) is 0 Å². The highest BCUT2D eigenvalue weighted by atomic mass is 14.9. The average molecular weight is 123 g/mol. The fraction of sp³-hybridized carbons (Fsp3) is 0.625. The Balaban J connectivity index is 2.31. The van der Waals surface area contributed by atoms with Crippen molar-refractivity contribution >= 4 is 0 Å². The summed E-state index contributed by atoms with van der Waals surface area (Å²) in [6.07, 6.45) is 5.93. The van der Waals surface area contributed by atoms with E-state index in [0.717, 1.165) is 6.54 Å². The van der Waals surface area contributed by atoms with Crippen LogP contribution in [0.1, 0.15) is 19.3 Å². The lowest BCUT2D eigenvalue weighted by atomic mass is 10.1. The second-order valence-electron chi connectivity index (χ2n) is 2.43. The Morgan fingerprint density at radius 1 is 1.56 bits per heavy atom. The lowest BCUT2D eigenvalue weighted by Crippen LogP contribution is -2.31. The molecule has 1 fully saturated rings. The molecule has 1 nitrogen and oxygen atoms in total. The molecule has 50 valence electrons. The van der Waals surface area contributed by atoms with Gasteiger partial charge < -0.3 is 5.32 Å². The van der Waals surface area contributed by atoms with Gasteiger partial charge in [-0.1, -0.05) is 13.0 Å². The third-order valence-electron chi connectivity index (χ3n) is 1.67. The van der Waals surface area contributed by atoms with E-state index in [1.54, 1.807) is 0 Å². The molecule has 0 spiro atoms. The van der Waals surface area contributed by atoms with Crippen molar-refractivity contribution in [3.63, 3.8) is 0 Å². The molecule has 1 saturated heterocycles. The molecule has 9 heavy (non-hydrogen) atoms. The maximum Gasteiger partial charge on any atom is 0.0324 e. The largest absolute Gasteiger partial charge is 0.310 e. The van der Waals surface area contributed by atoms with Gasteiger partial charge in [0, 0.05) is 6.04 Å². The Hall–Kier alpha value is -0.520. The second kappa shape index (κ2) is 3.49. The summed E-state index contributed by atoms with van der Waals surface area (Å²) < 4.78 is 0. The van der Waals surface area contributed by atoms with E-state index in [0.29, 0.717) is 6.04 Å². The summed E-state index contributed by atoms with van der Waals surface area (Å²) in [4.78, 5) is 0. The molecule has 0 amide bonds. The van der Waals surface area contributed by atoms with Crippen LogP contribution in [0.4, 0.5) is 0 Å². The zero-order valence-corrected chi connectivity index (χ0v) is 5.69. The van der Waals surface area contributed by atoms with Crippen LogP contribution in [0.5, 0.6) is 0 Å². The minimum atomic E-state index is 0.552. The molecule has 0 aromatic rings. The average Bonchev–Trinajstić information content (AvgIpc) is 1.91. The molecule has 1 heterocycles. The van der Waals surface area contributed by atoms with E-state index < -0.39 is 0 Å². The van der Waals surface area contributed by atoms with E-state index in [9.17, 15) is 0 Å². The number of rotatable bonds is 1. The highest BCUT2D eigenvalue weighted by Crippen LogP contribution is 2.06. The van der Waals surface area contributed by atoms with Crippen molar-refractivity contribution < 1.29 is 0 Å². The molecule has 0 bridgehead atoms. The van der Waals surface area contributed by atoms with Gasteiger partial charge in [-0.3, -0.25) is 0 Å².